The minimum Gasteiger partial charge on any atom is -0.456 e. The summed E-state index contributed by atoms with van der Waals surface area (Å²) in [7, 11) is 1.55. The molecule has 4 rings (SSSR count). The molecule has 0 saturated carbocycles. The van der Waals surface area contributed by atoms with Crippen molar-refractivity contribution in [1.29, 1.82) is 0 Å². The van der Waals surface area contributed by atoms with Crippen LogP contribution in [0.4, 0.5) is 5.69 Å². The van der Waals surface area contributed by atoms with Crippen LogP contribution >= 0.6 is 0 Å². The number of hydrogen-bond acceptors (Lipinski definition) is 1. The molecule has 4 aromatic rings. The maximum absolute atomic E-state index is 9.22. The van der Waals surface area contributed by atoms with Gasteiger partial charge in [0.25, 0.3) is 0 Å². The first-order chi connectivity index (χ1) is 19.4. The molecule has 0 radical (unpaired) electrons. The van der Waals surface area contributed by atoms with E-state index >= 15 is 0 Å². The third-order valence-corrected chi connectivity index (χ3v) is 5.80. The van der Waals surface area contributed by atoms with Crippen molar-refractivity contribution in [3.05, 3.63) is 69.7 Å². The Kier molecular flexibility index (Phi) is 2.66. The van der Waals surface area contributed by atoms with Gasteiger partial charge in [-0.1, -0.05) is 45.8 Å². The number of furan rings is 1. The zero-order chi connectivity index (χ0) is 32.8. The van der Waals surface area contributed by atoms with E-state index in [0.29, 0.717) is 21.9 Å². The molecule has 3 nitrogen and oxygen atoms in total. The van der Waals surface area contributed by atoms with Crippen molar-refractivity contribution in [3.63, 3.8) is 0 Å². The van der Waals surface area contributed by atoms with Crippen LogP contribution in [0.15, 0.2) is 34.7 Å². The summed E-state index contributed by atoms with van der Waals surface area (Å²) < 4.78 is 107. The first-order valence-corrected chi connectivity index (χ1v) is 9.82. The fourth-order valence-electron chi connectivity index (χ4n) is 3.95. The maximum Gasteiger partial charge on any atom is 0.216 e. The van der Waals surface area contributed by atoms with E-state index in [9.17, 15) is 1.37 Å². The number of aromatic nitrogens is 1. The lowest BCUT2D eigenvalue weighted by molar-refractivity contribution is -0.667. The van der Waals surface area contributed by atoms with Gasteiger partial charge in [0.1, 0.15) is 18.2 Å². The normalized spacial score (nSPS) is 22.5. The van der Waals surface area contributed by atoms with Gasteiger partial charge in [-0.05, 0) is 48.3 Å². The number of hydrogen-bond donors (Lipinski definition) is 0. The Balaban J connectivity index is 2.22. The third kappa shape index (κ3) is 3.22. The summed E-state index contributed by atoms with van der Waals surface area (Å²) >= 11 is 0. The Morgan fingerprint density at radius 2 is 1.87 bits per heavy atom. The molecule has 2 heterocycles. The van der Waals surface area contributed by atoms with Gasteiger partial charge in [0, 0.05) is 44.4 Å². The predicted molar refractivity (Wildman–Crippen MR) is 129 cm³/mol. The van der Waals surface area contributed by atoms with E-state index in [1.807, 2.05) is 0 Å². The summed E-state index contributed by atoms with van der Waals surface area (Å²) in [6.45, 7) is 4.66. The van der Waals surface area contributed by atoms with Crippen molar-refractivity contribution in [1.82, 2.24) is 0 Å². The van der Waals surface area contributed by atoms with Gasteiger partial charge in [-0.25, -0.2) is 4.85 Å². The molecule has 3 heteroatoms. The number of rotatable bonds is 3. The van der Waals surface area contributed by atoms with E-state index in [2.05, 4.69) is 4.85 Å². The number of benzene rings is 2. The highest BCUT2D eigenvalue weighted by molar-refractivity contribution is 6.10. The minimum absolute atomic E-state index is 0.00521. The average molecular weight is 424 g/mol. The second-order valence-corrected chi connectivity index (χ2v) is 7.83. The van der Waals surface area contributed by atoms with Crippen LogP contribution < -0.4 is 4.57 Å². The monoisotopic (exact) mass is 423 g/mol. The highest BCUT2D eigenvalue weighted by Gasteiger charge is 2.25. The molecule has 0 aliphatic carbocycles. The van der Waals surface area contributed by atoms with Crippen LogP contribution in [0.5, 0.6) is 0 Å². The van der Waals surface area contributed by atoms with E-state index in [1.54, 1.807) is 26.1 Å². The molecule has 0 N–H and O–H groups in total. The van der Waals surface area contributed by atoms with Gasteiger partial charge < -0.3 is 4.42 Å². The quantitative estimate of drug-likeness (QED) is 0.243. The topological polar surface area (TPSA) is 21.4 Å². The van der Waals surface area contributed by atoms with E-state index in [4.69, 9.17) is 26.1 Å². The fraction of sp³-hybridized carbons (Fsp3) is 0.357. The first-order valence-electron chi connectivity index (χ1n) is 15.8. The van der Waals surface area contributed by atoms with Gasteiger partial charge in [0.2, 0.25) is 5.69 Å². The van der Waals surface area contributed by atoms with Crippen molar-refractivity contribution < 1.29 is 25.4 Å². The largest absolute Gasteiger partial charge is 0.456 e. The molecule has 0 spiro atoms. The van der Waals surface area contributed by atoms with E-state index < -0.39 is 43.9 Å². The molecule has 31 heavy (non-hydrogen) atoms. The highest BCUT2D eigenvalue weighted by Crippen LogP contribution is 2.41. The summed E-state index contributed by atoms with van der Waals surface area (Å²) in [5, 5.41) is 0.914. The lowest BCUT2D eigenvalue weighted by atomic mass is 9.92. The van der Waals surface area contributed by atoms with Gasteiger partial charge in [0.05, 0.1) is 13.5 Å². The van der Waals surface area contributed by atoms with Crippen molar-refractivity contribution in [2.75, 3.05) is 0 Å². The molecule has 2 aromatic heterocycles. The number of aryl methyl sites for hydroxylation is 1. The van der Waals surface area contributed by atoms with Crippen molar-refractivity contribution in [2.45, 2.75) is 60.0 Å². The van der Waals surface area contributed by atoms with Crippen LogP contribution in [0.2, 0.25) is 0 Å². The molecule has 0 aliphatic heterocycles. The molecule has 0 aliphatic rings. The number of fused-ring (bicyclic) bond motifs is 3. The number of pyridine rings is 1. The van der Waals surface area contributed by atoms with Gasteiger partial charge in [-0.2, -0.15) is 4.57 Å². The zero-order valence-corrected chi connectivity index (χ0v) is 18.1. The highest BCUT2D eigenvalue weighted by atomic mass is 16.3. The summed E-state index contributed by atoms with van der Waals surface area (Å²) in [6.07, 6.45) is 0. The molecule has 158 valence electrons. The smallest absolute Gasteiger partial charge is 0.216 e. The Morgan fingerprint density at radius 3 is 2.55 bits per heavy atom. The summed E-state index contributed by atoms with van der Waals surface area (Å²) in [5.41, 5.74) is 0.809. The SMILES string of the molecule is [2H]c1c(C([2H])(C)C([2H])([2H])[2H])c(C([2H])([2H])[2H])c(C)[n+](C)c1-c1c(C)ccc2c1oc1cc([N+]#[C-])c(C([2H])(C)C([2H])([2H])[2H])cc12. The van der Waals surface area contributed by atoms with Crippen LogP contribution in [-0.4, -0.2) is 0 Å². The minimum atomic E-state index is -2.97. The van der Waals surface area contributed by atoms with Crippen LogP contribution in [-0.2, 0) is 7.05 Å². The number of nitrogens with zero attached hydrogens (tertiary/aromatic N) is 2. The molecular formula is C28H31N2O+. The van der Waals surface area contributed by atoms with Crippen molar-refractivity contribution in [3.8, 4) is 11.3 Å². The van der Waals surface area contributed by atoms with Gasteiger partial charge in [-0.3, -0.25) is 0 Å². The summed E-state index contributed by atoms with van der Waals surface area (Å²) in [6, 6.07) is 5.84. The molecule has 2 unspecified atom stereocenters. The molecule has 0 fully saturated rings. The zero-order valence-electron chi connectivity index (χ0n) is 30.1. The van der Waals surface area contributed by atoms with E-state index in [-0.39, 0.29) is 39.4 Å². The third-order valence-electron chi connectivity index (χ3n) is 5.80. The van der Waals surface area contributed by atoms with Crippen LogP contribution in [0.25, 0.3) is 38.0 Å². The fourth-order valence-corrected chi connectivity index (χ4v) is 3.95. The van der Waals surface area contributed by atoms with Gasteiger partial charge >= 0.3 is 0 Å². The standard InChI is InChI=1S/C28H31N2O/c1-15(2)21-13-25(30(9)19(7)18(21)6)27-17(5)10-11-20-23-12-22(16(3)4)24(29-8)14-26(23)31-28(20)27/h10-16H,1-7,9H3/q+1/i1D3,3D3,6D3,13D,15D,16D. The molecule has 0 saturated heterocycles. The Hall–Kier alpha value is -3.12. The second-order valence-electron chi connectivity index (χ2n) is 7.83. The predicted octanol–water partition coefficient (Wildman–Crippen LogP) is 7.80. The summed E-state index contributed by atoms with van der Waals surface area (Å²) in [5.74, 6) is -4.56. The van der Waals surface area contributed by atoms with Crippen LogP contribution in [0.1, 0.15) is 83.7 Å². The Morgan fingerprint density at radius 1 is 1.13 bits per heavy atom. The molecule has 0 bridgehead atoms. The molecule has 2 aromatic carbocycles. The van der Waals surface area contributed by atoms with E-state index in [1.165, 1.54) is 30.5 Å². The summed E-state index contributed by atoms with van der Waals surface area (Å²) in [4.78, 5) is 3.46. The van der Waals surface area contributed by atoms with Gasteiger partial charge in [0.15, 0.2) is 11.4 Å². The second kappa shape index (κ2) is 7.54. The average Bonchev–Trinajstić information content (AvgIpc) is 3.21. The lowest BCUT2D eigenvalue weighted by Crippen LogP contribution is -2.36. The Labute approximate surface area is 202 Å². The van der Waals surface area contributed by atoms with Crippen LogP contribution in [0.3, 0.4) is 0 Å². The lowest BCUT2D eigenvalue weighted by Gasteiger charge is -2.14. The molecule has 2 atom stereocenters. The molecule has 0 amide bonds. The van der Waals surface area contributed by atoms with E-state index in [0.717, 1.165) is 6.92 Å². The van der Waals surface area contributed by atoms with Crippen molar-refractivity contribution >= 4 is 27.6 Å². The van der Waals surface area contributed by atoms with Gasteiger partial charge in [-0.15, -0.1) is 0 Å². The first kappa shape index (κ1) is 11.0. The maximum atomic E-state index is 9.22. The van der Waals surface area contributed by atoms with Crippen LogP contribution in [0, 0.1) is 27.3 Å². The Bertz CT molecular complexity index is 1830. The van der Waals surface area contributed by atoms with Crippen molar-refractivity contribution in [2.24, 2.45) is 7.05 Å². The molecular weight excluding hydrogens is 380 g/mol.